The molecule has 0 aliphatic rings. The SMILES string of the molecule is CC(=O)N[C@@H](COC(C)(C)C)C(=O)N[C@@H](CC(=O)OC(C)(C)C)C(=O)N[C@@H](C)C(=O)N[C@@H](C)C(=O)N[C@H](C(=O)N[C@@H](CC(=O)OC(C)(C)C)C(=O)N[C@H](C(=O)N[C@@H](COC(C)(C)C)C(=O)N[C@@H](COC(C)(C)C)C(=O)N[C@@H](CCC(=O)OC(C)(C)C)C(=O)O)[C@@H](C)OC(C)(C)C)C(C)C. The van der Waals surface area contributed by atoms with E-state index in [0.717, 1.165) is 6.92 Å². The number of nitrogens with one attached hydrogen (secondary N) is 10. The van der Waals surface area contributed by atoms with E-state index in [1.165, 1.54) is 34.6 Å². The number of hydrogen-bond donors (Lipinski definition) is 11. The van der Waals surface area contributed by atoms with Gasteiger partial charge in [0, 0.05) is 13.3 Å². The molecule has 0 bridgehead atoms. The Morgan fingerprint density at radius 3 is 0.970 bits per heavy atom. The third-order valence-electron chi connectivity index (χ3n) is 12.9. The molecule has 0 spiro atoms. The van der Waals surface area contributed by atoms with Gasteiger partial charge in [-0.25, -0.2) is 4.79 Å². The zero-order valence-electron chi connectivity index (χ0n) is 63.4. The van der Waals surface area contributed by atoms with Gasteiger partial charge in [0.05, 0.1) is 61.2 Å². The van der Waals surface area contributed by atoms with Crippen LogP contribution in [-0.4, -0.2) is 214 Å². The smallest absolute Gasteiger partial charge is 0.326 e. The maximum atomic E-state index is 14.8. The first-order chi connectivity index (χ1) is 44.6. The monoisotopic (exact) mass is 1410 g/mol. The summed E-state index contributed by atoms with van der Waals surface area (Å²) in [5, 5.41) is 34.8. The van der Waals surface area contributed by atoms with Gasteiger partial charge in [0.2, 0.25) is 59.1 Å². The van der Waals surface area contributed by atoms with Crippen LogP contribution in [0.25, 0.3) is 0 Å². The lowest BCUT2D eigenvalue weighted by Gasteiger charge is -2.33. The Labute approximate surface area is 583 Å². The van der Waals surface area contributed by atoms with Gasteiger partial charge < -0.3 is 91.4 Å². The van der Waals surface area contributed by atoms with E-state index in [1.807, 2.05) is 0 Å². The van der Waals surface area contributed by atoms with Crippen molar-refractivity contribution in [3.8, 4) is 0 Å². The topological polar surface area (TPSA) is 444 Å². The zero-order chi connectivity index (χ0) is 77.5. The number of ether oxygens (including phenoxy) is 7. The molecular formula is C67H118N10O22. The summed E-state index contributed by atoms with van der Waals surface area (Å²) in [6.45, 7) is 41.1. The molecule has 32 heteroatoms. The average molecular weight is 1420 g/mol. The molecule has 0 aliphatic carbocycles. The quantitative estimate of drug-likeness (QED) is 0.0315. The fourth-order valence-electron chi connectivity index (χ4n) is 8.44. The molecule has 11 N–H and O–H groups in total. The lowest BCUT2D eigenvalue weighted by molar-refractivity contribution is -0.157. The second kappa shape index (κ2) is 38.8. The number of esters is 3. The van der Waals surface area contributed by atoms with E-state index in [2.05, 4.69) is 53.2 Å². The summed E-state index contributed by atoms with van der Waals surface area (Å²) in [6.07, 6.45) is -3.63. The molecule has 0 saturated heterocycles. The van der Waals surface area contributed by atoms with Crippen molar-refractivity contribution in [3.05, 3.63) is 0 Å². The molecule has 0 aliphatic heterocycles. The summed E-state index contributed by atoms with van der Waals surface area (Å²) in [5.41, 5.74) is -6.62. The van der Waals surface area contributed by atoms with Gasteiger partial charge in [0.15, 0.2) is 0 Å². The molecular weight excluding hydrogens is 1300 g/mol. The highest BCUT2D eigenvalue weighted by atomic mass is 16.6. The van der Waals surface area contributed by atoms with Crippen LogP contribution < -0.4 is 53.2 Å². The lowest BCUT2D eigenvalue weighted by Crippen LogP contribution is -2.63. The van der Waals surface area contributed by atoms with Crippen LogP contribution in [0.15, 0.2) is 0 Å². The molecule has 0 aromatic carbocycles. The Balaban J connectivity index is 7.26. The number of carbonyl (C=O) groups excluding carboxylic acids is 13. The fourth-order valence-corrected chi connectivity index (χ4v) is 8.44. The normalized spacial score (nSPS) is 15.7. The van der Waals surface area contributed by atoms with Crippen molar-refractivity contribution in [3.63, 3.8) is 0 Å². The molecule has 0 rings (SSSR count). The molecule has 32 nitrogen and oxygen atoms in total. The highest BCUT2D eigenvalue weighted by Crippen LogP contribution is 2.19. The Kier molecular flexibility index (Phi) is 35.9. The van der Waals surface area contributed by atoms with Crippen molar-refractivity contribution in [2.24, 2.45) is 5.92 Å². The summed E-state index contributed by atoms with van der Waals surface area (Å²) in [5.74, 6) is -14.7. The Morgan fingerprint density at radius 1 is 0.323 bits per heavy atom. The van der Waals surface area contributed by atoms with Crippen LogP contribution in [0.2, 0.25) is 0 Å². The highest BCUT2D eigenvalue weighted by molar-refractivity contribution is 6.00. The first kappa shape index (κ1) is 91.4. The number of amides is 10. The highest BCUT2D eigenvalue weighted by Gasteiger charge is 2.41. The molecule has 0 fully saturated rings. The van der Waals surface area contributed by atoms with E-state index in [0.29, 0.717) is 0 Å². The second-order valence-electron chi connectivity index (χ2n) is 31.5. The summed E-state index contributed by atoms with van der Waals surface area (Å²) in [4.78, 5) is 191. The predicted molar refractivity (Wildman–Crippen MR) is 362 cm³/mol. The van der Waals surface area contributed by atoms with E-state index < -0.39 is 233 Å². The Hall–Kier alpha value is -7.58. The van der Waals surface area contributed by atoms with Gasteiger partial charge >= 0.3 is 23.9 Å². The maximum Gasteiger partial charge on any atom is 0.326 e. The van der Waals surface area contributed by atoms with Crippen molar-refractivity contribution < 1.29 is 105 Å². The van der Waals surface area contributed by atoms with Crippen molar-refractivity contribution in [1.29, 1.82) is 0 Å². The van der Waals surface area contributed by atoms with E-state index >= 15 is 0 Å². The number of hydrogen-bond acceptors (Lipinski definition) is 21. The van der Waals surface area contributed by atoms with E-state index in [4.69, 9.17) is 33.2 Å². The first-order valence-electron chi connectivity index (χ1n) is 33.1. The van der Waals surface area contributed by atoms with Crippen LogP contribution in [0.3, 0.4) is 0 Å². The molecule has 0 aromatic heterocycles. The van der Waals surface area contributed by atoms with Crippen LogP contribution in [0.4, 0.5) is 0 Å². The molecule has 0 unspecified atom stereocenters. The van der Waals surface area contributed by atoms with E-state index in [1.54, 1.807) is 145 Å². The van der Waals surface area contributed by atoms with Gasteiger partial charge in [0.1, 0.15) is 77.2 Å². The van der Waals surface area contributed by atoms with Crippen molar-refractivity contribution in [1.82, 2.24) is 53.2 Å². The van der Waals surface area contributed by atoms with Crippen molar-refractivity contribution in [2.75, 3.05) is 19.8 Å². The Bertz CT molecular complexity index is 2800. The summed E-state index contributed by atoms with van der Waals surface area (Å²) in [7, 11) is 0. The third kappa shape index (κ3) is 40.9. The number of aliphatic carboxylic acids is 1. The van der Waals surface area contributed by atoms with Gasteiger partial charge in [-0.15, -0.1) is 0 Å². The summed E-state index contributed by atoms with van der Waals surface area (Å²) in [6, 6.07) is -16.0. The largest absolute Gasteiger partial charge is 0.480 e. The molecule has 99 heavy (non-hydrogen) atoms. The zero-order valence-corrected chi connectivity index (χ0v) is 63.4. The van der Waals surface area contributed by atoms with Gasteiger partial charge in [-0.2, -0.15) is 0 Å². The van der Waals surface area contributed by atoms with Crippen LogP contribution >= 0.6 is 0 Å². The van der Waals surface area contributed by atoms with Gasteiger partial charge in [-0.3, -0.25) is 62.3 Å². The van der Waals surface area contributed by atoms with E-state index in [-0.39, 0.29) is 6.61 Å². The van der Waals surface area contributed by atoms with Crippen molar-refractivity contribution >= 4 is 82.9 Å². The fraction of sp³-hybridized carbons (Fsp3) is 0.791. The minimum Gasteiger partial charge on any atom is -0.480 e. The first-order valence-corrected chi connectivity index (χ1v) is 33.1. The van der Waals surface area contributed by atoms with Crippen molar-refractivity contribution in [2.45, 2.75) is 318 Å². The molecule has 0 heterocycles. The number of rotatable bonds is 36. The average Bonchev–Trinajstić information content (AvgIpc) is 0.845. The van der Waals surface area contributed by atoms with Crippen LogP contribution in [0, 0.1) is 5.92 Å². The minimum atomic E-state index is -1.87. The Morgan fingerprint density at radius 2 is 0.616 bits per heavy atom. The second-order valence-corrected chi connectivity index (χ2v) is 31.5. The summed E-state index contributed by atoms with van der Waals surface area (Å²) < 4.78 is 39.9. The minimum absolute atomic E-state index is 0.320. The molecule has 10 amide bonds. The molecule has 0 aromatic rings. The van der Waals surface area contributed by atoms with Crippen LogP contribution in [0.1, 0.15) is 213 Å². The van der Waals surface area contributed by atoms with E-state index in [9.17, 15) is 72.2 Å². The van der Waals surface area contributed by atoms with Gasteiger partial charge in [-0.05, 0) is 179 Å². The number of carboxylic acids is 1. The summed E-state index contributed by atoms with van der Waals surface area (Å²) >= 11 is 0. The molecule has 568 valence electrons. The van der Waals surface area contributed by atoms with Gasteiger partial charge in [-0.1, -0.05) is 13.8 Å². The van der Waals surface area contributed by atoms with Crippen LogP contribution in [-0.2, 0) is 100 Å². The standard InChI is InChI=1S/C67H118N10O22/c1-35(2)49(76-52(83)37(4)68-51(82)36(3)69-53(84)41(30-47(80)98-66(22,23)24)72-55(86)43(70-39(6)78)32-93-61(7,8)9)58(89)73-42(31-48(81)99-67(25,26)27)54(85)77-50(38(5)96-64(16,17)18)59(90)75-45(34-95-63(13,14)15)57(88)74-44(33-94-62(10,11)12)56(87)71-40(60(91)92)28-29-46(79)97-65(19,20)21/h35-38,40-45,49-50H,28-34H2,1-27H3,(H,68,82)(H,69,84)(H,70,78)(H,71,87)(H,72,86)(H,73,89)(H,74,88)(H,75,90)(H,76,83)(H,77,85)(H,91,92)/t36-,37-,38+,40-,41-,42-,43-,44-,45-,49-,50-/m0/s1. The van der Waals surface area contributed by atoms with Crippen LogP contribution in [0.5, 0.6) is 0 Å². The third-order valence-corrected chi connectivity index (χ3v) is 12.9. The molecule has 11 atom stereocenters. The maximum absolute atomic E-state index is 14.8. The predicted octanol–water partition coefficient (Wildman–Crippen LogP) is 1.87. The molecule has 0 saturated carbocycles. The lowest BCUT2D eigenvalue weighted by atomic mass is 10.0. The number of carboxylic acid groups (broad SMARTS) is 1. The number of carbonyl (C=O) groups is 14. The molecule has 0 radical (unpaired) electrons. The van der Waals surface area contributed by atoms with Gasteiger partial charge in [0.25, 0.3) is 0 Å².